The number of fused-ring (bicyclic) bond motifs is 1. The fourth-order valence-corrected chi connectivity index (χ4v) is 1.42. The highest BCUT2D eigenvalue weighted by molar-refractivity contribution is 5.85. The van der Waals surface area contributed by atoms with Crippen LogP contribution in [0.4, 0.5) is 4.79 Å². The van der Waals surface area contributed by atoms with E-state index in [4.69, 9.17) is 4.74 Å². The second kappa shape index (κ2) is 6.57. The van der Waals surface area contributed by atoms with Crippen molar-refractivity contribution in [3.8, 4) is 0 Å². The number of carbonyl (C=O) groups excluding carboxylic acids is 1. The molecule has 0 saturated heterocycles. The van der Waals surface area contributed by atoms with Gasteiger partial charge in [0.1, 0.15) is 5.69 Å². The van der Waals surface area contributed by atoms with Gasteiger partial charge in [-0.25, -0.2) is 9.78 Å². The van der Waals surface area contributed by atoms with Crippen LogP contribution in [0.2, 0.25) is 0 Å². The van der Waals surface area contributed by atoms with Crippen molar-refractivity contribution in [2.45, 2.75) is 12.6 Å². The molecular weight excluding hydrogens is 257 g/mol. The van der Waals surface area contributed by atoms with E-state index in [0.717, 1.165) is 24.4 Å². The first-order chi connectivity index (χ1) is 6.81. The van der Waals surface area contributed by atoms with Crippen LogP contribution in [0.3, 0.4) is 0 Å². The maximum atomic E-state index is 10.9. The van der Waals surface area contributed by atoms with E-state index in [1.807, 2.05) is 0 Å². The Balaban J connectivity index is 0.00000112. The molecule has 2 N–H and O–H groups in total. The monoisotopic (exact) mass is 269 g/mol. The topological polar surface area (TPSA) is 76.2 Å². The van der Waals surface area contributed by atoms with Crippen molar-refractivity contribution in [3.63, 3.8) is 0 Å². The van der Waals surface area contributed by atoms with E-state index in [1.54, 1.807) is 6.33 Å². The summed E-state index contributed by atoms with van der Waals surface area (Å²) in [6, 6.07) is 0. The summed E-state index contributed by atoms with van der Waals surface area (Å²) in [4.78, 5) is 18.0. The molecule has 1 aliphatic heterocycles. The van der Waals surface area contributed by atoms with Crippen LogP contribution in [0.25, 0.3) is 0 Å². The Hall–Kier alpha value is -0.980. The minimum Gasteiger partial charge on any atom is -0.438 e. The average Bonchev–Trinajstić information content (AvgIpc) is 2.66. The van der Waals surface area contributed by atoms with Crippen LogP contribution in [-0.4, -0.2) is 29.8 Å². The molecule has 0 fully saturated rings. The number of methoxy groups -OCH3 is 1. The Morgan fingerprint density at radius 2 is 2.31 bits per heavy atom. The smallest absolute Gasteiger partial charge is 0.438 e. The largest absolute Gasteiger partial charge is 0.509 e. The van der Waals surface area contributed by atoms with Gasteiger partial charge in [0.05, 0.1) is 13.4 Å². The van der Waals surface area contributed by atoms with E-state index in [1.165, 1.54) is 7.11 Å². The normalized spacial score (nSPS) is 17.4. The highest BCUT2D eigenvalue weighted by Crippen LogP contribution is 2.20. The third kappa shape index (κ3) is 3.01. The molecule has 1 aliphatic rings. The molecule has 2 heterocycles. The first-order valence-corrected chi connectivity index (χ1v) is 4.31. The third-order valence-electron chi connectivity index (χ3n) is 2.09. The van der Waals surface area contributed by atoms with Gasteiger partial charge >= 0.3 is 6.16 Å². The second-order valence-corrected chi connectivity index (χ2v) is 2.92. The molecule has 16 heavy (non-hydrogen) atoms. The molecule has 1 unspecified atom stereocenters. The Morgan fingerprint density at radius 3 is 3.00 bits per heavy atom. The Kier molecular flexibility index (Phi) is 6.17. The Bertz CT molecular complexity index is 345. The molecule has 1 aromatic rings. The van der Waals surface area contributed by atoms with Crippen molar-refractivity contribution in [1.82, 2.24) is 15.3 Å². The number of rotatable bonds is 1. The number of ether oxygens (including phenoxy) is 2. The fourth-order valence-electron chi connectivity index (χ4n) is 1.42. The number of nitrogens with zero attached hydrogens (tertiary/aromatic N) is 1. The number of hydrogen-bond donors (Lipinski definition) is 2. The molecule has 0 spiro atoms. The number of aromatic amines is 1. The summed E-state index contributed by atoms with van der Waals surface area (Å²) in [7, 11) is 1.27. The molecule has 0 bridgehead atoms. The van der Waals surface area contributed by atoms with Crippen LogP contribution in [-0.2, 0) is 15.9 Å². The minimum atomic E-state index is -0.710. The van der Waals surface area contributed by atoms with Gasteiger partial charge in [-0.15, -0.1) is 24.8 Å². The molecule has 8 heteroatoms. The zero-order chi connectivity index (χ0) is 9.97. The molecule has 92 valence electrons. The number of nitrogens with one attached hydrogen (secondary N) is 2. The molecule has 0 radical (unpaired) electrons. The van der Waals surface area contributed by atoms with Crippen molar-refractivity contribution in [1.29, 1.82) is 0 Å². The van der Waals surface area contributed by atoms with Crippen LogP contribution in [0, 0.1) is 0 Å². The van der Waals surface area contributed by atoms with Crippen molar-refractivity contribution in [3.05, 3.63) is 17.7 Å². The van der Waals surface area contributed by atoms with E-state index in [0.29, 0.717) is 0 Å². The van der Waals surface area contributed by atoms with Crippen LogP contribution < -0.4 is 5.32 Å². The summed E-state index contributed by atoms with van der Waals surface area (Å²) in [5.74, 6) is 0. The van der Waals surface area contributed by atoms with Crippen molar-refractivity contribution in [2.75, 3.05) is 13.7 Å². The third-order valence-corrected chi connectivity index (χ3v) is 2.09. The van der Waals surface area contributed by atoms with Crippen LogP contribution in [0.15, 0.2) is 6.33 Å². The molecule has 0 saturated carbocycles. The number of halogens is 2. The summed E-state index contributed by atoms with van der Waals surface area (Å²) in [5, 5.41) is 3.02. The van der Waals surface area contributed by atoms with Crippen molar-refractivity contribution < 1.29 is 14.3 Å². The summed E-state index contributed by atoms with van der Waals surface area (Å²) in [5.41, 5.74) is 1.72. The van der Waals surface area contributed by atoms with Crippen molar-refractivity contribution >= 4 is 31.0 Å². The van der Waals surface area contributed by atoms with Gasteiger partial charge in [0.15, 0.2) is 0 Å². The summed E-state index contributed by atoms with van der Waals surface area (Å²) in [6.07, 6.45) is 1.23. The number of aromatic nitrogens is 2. The van der Waals surface area contributed by atoms with Gasteiger partial charge in [-0.3, -0.25) is 5.32 Å². The number of hydrogen-bond acceptors (Lipinski definition) is 5. The van der Waals surface area contributed by atoms with E-state index >= 15 is 0 Å². The molecule has 2 rings (SSSR count). The van der Waals surface area contributed by atoms with Gasteiger partial charge in [-0.05, 0) is 0 Å². The Morgan fingerprint density at radius 1 is 1.56 bits per heavy atom. The van der Waals surface area contributed by atoms with Gasteiger partial charge in [-0.2, -0.15) is 0 Å². The first kappa shape index (κ1) is 15.0. The maximum Gasteiger partial charge on any atom is 0.509 e. The highest BCUT2D eigenvalue weighted by atomic mass is 35.5. The molecule has 1 aromatic heterocycles. The summed E-state index contributed by atoms with van der Waals surface area (Å²) in [6.45, 7) is 0.747. The summed E-state index contributed by atoms with van der Waals surface area (Å²) < 4.78 is 9.38. The standard InChI is InChI=1S/C8H11N3O3.2ClH/c1-13-8(12)14-7-6-5(2-3-9-7)10-4-11-6;;/h4,7,9H,2-3H2,1H3,(H,10,11);2*1H. The zero-order valence-electron chi connectivity index (χ0n) is 8.56. The number of imidazole rings is 1. The van der Waals surface area contributed by atoms with Gasteiger partial charge in [-0.1, -0.05) is 0 Å². The van der Waals surface area contributed by atoms with Crippen LogP contribution >= 0.6 is 24.8 Å². The van der Waals surface area contributed by atoms with E-state index in [2.05, 4.69) is 20.0 Å². The molecule has 0 amide bonds. The maximum absolute atomic E-state index is 10.9. The Labute approximate surface area is 105 Å². The lowest BCUT2D eigenvalue weighted by Crippen LogP contribution is -2.33. The highest BCUT2D eigenvalue weighted by Gasteiger charge is 2.25. The lowest BCUT2D eigenvalue weighted by Gasteiger charge is -2.21. The van der Waals surface area contributed by atoms with Gasteiger partial charge in [0.25, 0.3) is 0 Å². The van der Waals surface area contributed by atoms with Gasteiger partial charge < -0.3 is 14.5 Å². The second-order valence-electron chi connectivity index (χ2n) is 2.92. The molecular formula is C8H13Cl2N3O3. The number of H-pyrrole nitrogens is 1. The predicted molar refractivity (Wildman–Crippen MR) is 61.0 cm³/mol. The predicted octanol–water partition coefficient (Wildman–Crippen LogP) is 1.18. The fraction of sp³-hybridized carbons (Fsp3) is 0.500. The summed E-state index contributed by atoms with van der Waals surface area (Å²) >= 11 is 0. The van der Waals surface area contributed by atoms with Crippen molar-refractivity contribution in [2.24, 2.45) is 0 Å². The lowest BCUT2D eigenvalue weighted by atomic mass is 10.1. The quantitative estimate of drug-likeness (QED) is 0.749. The lowest BCUT2D eigenvalue weighted by molar-refractivity contribution is 0.0186. The minimum absolute atomic E-state index is 0. The van der Waals surface area contributed by atoms with Gasteiger partial charge in [0.2, 0.25) is 6.23 Å². The van der Waals surface area contributed by atoms with Gasteiger partial charge in [0, 0.05) is 18.7 Å². The number of carbonyl (C=O) groups is 1. The van der Waals surface area contributed by atoms with E-state index < -0.39 is 12.4 Å². The SMILES string of the molecule is COC(=O)OC1NCCc2[nH]cnc21.Cl.Cl. The average molecular weight is 270 g/mol. The van der Waals surface area contributed by atoms with E-state index in [9.17, 15) is 4.79 Å². The first-order valence-electron chi connectivity index (χ1n) is 4.31. The van der Waals surface area contributed by atoms with E-state index in [-0.39, 0.29) is 24.8 Å². The zero-order valence-corrected chi connectivity index (χ0v) is 10.2. The molecule has 0 aromatic carbocycles. The molecule has 6 nitrogen and oxygen atoms in total. The molecule has 1 atom stereocenters. The van der Waals surface area contributed by atoms with Crippen LogP contribution in [0.1, 0.15) is 17.6 Å². The van der Waals surface area contributed by atoms with Crippen LogP contribution in [0.5, 0.6) is 0 Å². The molecule has 0 aliphatic carbocycles.